The molecule has 1 atom stereocenters. The van der Waals surface area contributed by atoms with Gasteiger partial charge in [-0.25, -0.2) is 0 Å². The molecule has 90 valence electrons. The highest BCUT2D eigenvalue weighted by atomic mass is 15.3. The standard InChI is InChI=1S/C12H27N3/c1-3-5-12(13)11-15-9-7-14(6-4-2)8-10-15/h12H,3-11,13H2,1-2H3/t12-/m1/s1. The summed E-state index contributed by atoms with van der Waals surface area (Å²) in [5.41, 5.74) is 6.05. The summed E-state index contributed by atoms with van der Waals surface area (Å²) >= 11 is 0. The first-order chi connectivity index (χ1) is 7.26. The van der Waals surface area contributed by atoms with E-state index in [0.29, 0.717) is 6.04 Å². The van der Waals surface area contributed by atoms with Crippen LogP contribution in [0, 0.1) is 0 Å². The maximum atomic E-state index is 6.05. The molecule has 1 aliphatic rings. The fraction of sp³-hybridized carbons (Fsp3) is 1.00. The number of nitrogens with zero attached hydrogens (tertiary/aromatic N) is 2. The van der Waals surface area contributed by atoms with Gasteiger partial charge in [0.2, 0.25) is 0 Å². The molecule has 0 aromatic carbocycles. The minimum atomic E-state index is 0.382. The van der Waals surface area contributed by atoms with Crippen LogP contribution in [0.25, 0.3) is 0 Å². The zero-order valence-corrected chi connectivity index (χ0v) is 10.4. The molecular weight excluding hydrogens is 186 g/mol. The van der Waals surface area contributed by atoms with Crippen LogP contribution in [0.3, 0.4) is 0 Å². The van der Waals surface area contributed by atoms with Crippen LogP contribution in [0.15, 0.2) is 0 Å². The average Bonchev–Trinajstić information content (AvgIpc) is 2.22. The zero-order chi connectivity index (χ0) is 11.1. The highest BCUT2D eigenvalue weighted by Crippen LogP contribution is 2.04. The largest absolute Gasteiger partial charge is 0.327 e. The molecule has 0 radical (unpaired) electrons. The molecule has 0 spiro atoms. The molecular formula is C12H27N3. The molecule has 1 fully saturated rings. The van der Waals surface area contributed by atoms with E-state index in [9.17, 15) is 0 Å². The second kappa shape index (κ2) is 7.20. The van der Waals surface area contributed by atoms with Crippen molar-refractivity contribution in [1.82, 2.24) is 9.80 Å². The lowest BCUT2D eigenvalue weighted by atomic mass is 10.1. The van der Waals surface area contributed by atoms with Gasteiger partial charge in [0, 0.05) is 38.8 Å². The number of rotatable bonds is 6. The first-order valence-electron chi connectivity index (χ1n) is 6.46. The Morgan fingerprint density at radius 2 is 1.60 bits per heavy atom. The lowest BCUT2D eigenvalue weighted by Crippen LogP contribution is -2.49. The third-order valence-corrected chi connectivity index (χ3v) is 3.16. The van der Waals surface area contributed by atoms with E-state index in [1.807, 2.05) is 0 Å². The minimum absolute atomic E-state index is 0.382. The fourth-order valence-corrected chi connectivity index (χ4v) is 2.31. The monoisotopic (exact) mass is 213 g/mol. The summed E-state index contributed by atoms with van der Waals surface area (Å²) in [6, 6.07) is 0.382. The van der Waals surface area contributed by atoms with Crippen LogP contribution in [0.1, 0.15) is 33.1 Å². The minimum Gasteiger partial charge on any atom is -0.327 e. The van der Waals surface area contributed by atoms with E-state index in [2.05, 4.69) is 23.6 Å². The molecule has 1 rings (SSSR count). The van der Waals surface area contributed by atoms with Gasteiger partial charge in [-0.2, -0.15) is 0 Å². The van der Waals surface area contributed by atoms with Gasteiger partial charge in [-0.1, -0.05) is 20.3 Å². The molecule has 3 heteroatoms. The Labute approximate surface area is 94.6 Å². The lowest BCUT2D eigenvalue weighted by Gasteiger charge is -2.35. The Bertz CT molecular complexity index is 153. The van der Waals surface area contributed by atoms with Crippen LogP contribution in [-0.2, 0) is 0 Å². The van der Waals surface area contributed by atoms with Gasteiger partial charge in [-0.05, 0) is 19.4 Å². The first-order valence-corrected chi connectivity index (χ1v) is 6.46. The highest BCUT2D eigenvalue weighted by molar-refractivity contribution is 4.75. The van der Waals surface area contributed by atoms with E-state index in [0.717, 1.165) is 13.0 Å². The van der Waals surface area contributed by atoms with E-state index >= 15 is 0 Å². The second-order valence-corrected chi connectivity index (χ2v) is 4.69. The first kappa shape index (κ1) is 12.9. The van der Waals surface area contributed by atoms with E-state index in [1.165, 1.54) is 45.6 Å². The third-order valence-electron chi connectivity index (χ3n) is 3.16. The average molecular weight is 213 g/mol. The van der Waals surface area contributed by atoms with Crippen LogP contribution >= 0.6 is 0 Å². The zero-order valence-electron chi connectivity index (χ0n) is 10.4. The number of piperazine rings is 1. The van der Waals surface area contributed by atoms with Crippen molar-refractivity contribution in [3.63, 3.8) is 0 Å². The number of hydrogen-bond acceptors (Lipinski definition) is 3. The molecule has 1 aliphatic heterocycles. The van der Waals surface area contributed by atoms with Gasteiger partial charge in [0.05, 0.1) is 0 Å². The topological polar surface area (TPSA) is 32.5 Å². The van der Waals surface area contributed by atoms with Crippen LogP contribution in [0.4, 0.5) is 0 Å². The van der Waals surface area contributed by atoms with Crippen molar-refractivity contribution in [2.24, 2.45) is 5.73 Å². The second-order valence-electron chi connectivity index (χ2n) is 4.69. The van der Waals surface area contributed by atoms with Crippen molar-refractivity contribution in [3.8, 4) is 0 Å². The van der Waals surface area contributed by atoms with Crippen molar-refractivity contribution >= 4 is 0 Å². The quantitative estimate of drug-likeness (QED) is 0.718. The van der Waals surface area contributed by atoms with Gasteiger partial charge < -0.3 is 10.6 Å². The third kappa shape index (κ3) is 4.96. The van der Waals surface area contributed by atoms with Crippen molar-refractivity contribution in [2.75, 3.05) is 39.3 Å². The normalized spacial score (nSPS) is 21.8. The van der Waals surface area contributed by atoms with Crippen molar-refractivity contribution < 1.29 is 0 Å². The molecule has 0 saturated carbocycles. The summed E-state index contributed by atoms with van der Waals surface area (Å²) in [7, 11) is 0. The number of nitrogens with two attached hydrogens (primary N) is 1. The Morgan fingerprint density at radius 1 is 1.00 bits per heavy atom. The fourth-order valence-electron chi connectivity index (χ4n) is 2.31. The van der Waals surface area contributed by atoms with Crippen molar-refractivity contribution in [2.45, 2.75) is 39.2 Å². The van der Waals surface area contributed by atoms with Crippen molar-refractivity contribution in [3.05, 3.63) is 0 Å². The summed E-state index contributed by atoms with van der Waals surface area (Å²) in [6.07, 6.45) is 3.64. The van der Waals surface area contributed by atoms with Gasteiger partial charge in [0.1, 0.15) is 0 Å². The van der Waals surface area contributed by atoms with Crippen molar-refractivity contribution in [1.29, 1.82) is 0 Å². The Morgan fingerprint density at radius 3 is 2.13 bits per heavy atom. The molecule has 0 amide bonds. The summed E-state index contributed by atoms with van der Waals surface area (Å²) in [6.45, 7) is 11.7. The molecule has 1 saturated heterocycles. The molecule has 2 N–H and O–H groups in total. The summed E-state index contributed by atoms with van der Waals surface area (Å²) in [5, 5.41) is 0. The van der Waals surface area contributed by atoms with Gasteiger partial charge >= 0.3 is 0 Å². The summed E-state index contributed by atoms with van der Waals surface area (Å²) in [4.78, 5) is 5.08. The Kier molecular flexibility index (Phi) is 6.22. The van der Waals surface area contributed by atoms with Crippen LogP contribution in [0.2, 0.25) is 0 Å². The van der Waals surface area contributed by atoms with Crippen LogP contribution < -0.4 is 5.73 Å². The predicted octanol–water partition coefficient (Wildman–Crippen LogP) is 1.14. The molecule has 0 aromatic heterocycles. The predicted molar refractivity (Wildman–Crippen MR) is 66.1 cm³/mol. The molecule has 0 bridgehead atoms. The maximum Gasteiger partial charge on any atom is 0.0167 e. The van der Waals surface area contributed by atoms with E-state index in [1.54, 1.807) is 0 Å². The molecule has 15 heavy (non-hydrogen) atoms. The van der Waals surface area contributed by atoms with Gasteiger partial charge in [-0.15, -0.1) is 0 Å². The summed E-state index contributed by atoms with van der Waals surface area (Å²) < 4.78 is 0. The lowest BCUT2D eigenvalue weighted by molar-refractivity contribution is 0.126. The maximum absolute atomic E-state index is 6.05. The van der Waals surface area contributed by atoms with Gasteiger partial charge in [0.15, 0.2) is 0 Å². The van der Waals surface area contributed by atoms with Gasteiger partial charge in [0.25, 0.3) is 0 Å². The van der Waals surface area contributed by atoms with E-state index in [4.69, 9.17) is 5.73 Å². The van der Waals surface area contributed by atoms with Crippen LogP contribution in [0.5, 0.6) is 0 Å². The highest BCUT2D eigenvalue weighted by Gasteiger charge is 2.17. The summed E-state index contributed by atoms with van der Waals surface area (Å²) in [5.74, 6) is 0. The van der Waals surface area contributed by atoms with Gasteiger partial charge in [-0.3, -0.25) is 4.90 Å². The van der Waals surface area contributed by atoms with Crippen LogP contribution in [-0.4, -0.2) is 55.1 Å². The Hall–Kier alpha value is -0.120. The molecule has 3 nitrogen and oxygen atoms in total. The van der Waals surface area contributed by atoms with E-state index in [-0.39, 0.29) is 0 Å². The molecule has 1 heterocycles. The SMILES string of the molecule is CCC[C@@H](N)CN1CCN(CCC)CC1. The Balaban J connectivity index is 2.14. The molecule has 0 unspecified atom stereocenters. The molecule has 0 aromatic rings. The number of hydrogen-bond donors (Lipinski definition) is 1. The molecule has 0 aliphatic carbocycles. The smallest absolute Gasteiger partial charge is 0.0167 e. The van der Waals surface area contributed by atoms with E-state index < -0.39 is 0 Å².